The van der Waals surface area contributed by atoms with Crippen LogP contribution < -0.4 is 4.74 Å². The second kappa shape index (κ2) is 5.27. The second-order valence-electron chi connectivity index (χ2n) is 4.17. The first-order valence-electron chi connectivity index (χ1n) is 5.99. The monoisotopic (exact) mass is 286 g/mol. The van der Waals surface area contributed by atoms with Gasteiger partial charge in [0.15, 0.2) is 5.75 Å². The maximum Gasteiger partial charge on any atom is 0.165 e. The summed E-state index contributed by atoms with van der Waals surface area (Å²) in [7, 11) is 0. The molecule has 20 heavy (non-hydrogen) atoms. The number of ether oxygens (including phenoxy) is 1. The lowest BCUT2D eigenvalue weighted by Crippen LogP contribution is -1.94. The Bertz CT molecular complexity index is 723. The Hall–Kier alpha value is -2.46. The topological polar surface area (TPSA) is 47.3 Å². The average molecular weight is 287 g/mol. The van der Waals surface area contributed by atoms with E-state index in [1.807, 2.05) is 18.2 Å². The zero-order chi connectivity index (χ0) is 13.9. The summed E-state index contributed by atoms with van der Waals surface area (Å²) >= 11 is 6.12. The van der Waals surface area contributed by atoms with Crippen LogP contribution in [0.3, 0.4) is 0 Å². The number of hydrogen-bond donors (Lipinski definition) is 1. The van der Waals surface area contributed by atoms with Crippen LogP contribution in [0.4, 0.5) is 0 Å². The molecule has 0 aliphatic carbocycles. The normalized spacial score (nSPS) is 10.4. The Morgan fingerprint density at radius 1 is 1.00 bits per heavy atom. The third kappa shape index (κ3) is 2.60. The summed E-state index contributed by atoms with van der Waals surface area (Å²) in [6.45, 7) is 0. The Morgan fingerprint density at radius 2 is 1.75 bits per heavy atom. The molecule has 1 heterocycles. The fourth-order valence-corrected chi connectivity index (χ4v) is 2.00. The minimum absolute atomic E-state index is 0.198. The van der Waals surface area contributed by atoms with Crippen molar-refractivity contribution >= 4 is 11.6 Å². The lowest BCUT2D eigenvalue weighted by molar-refractivity contribution is 0.464. The number of phenolic OH excluding ortho intramolecular Hbond substituents is 1. The number of halogens is 1. The molecule has 0 unspecified atom stereocenters. The molecule has 0 fully saturated rings. The highest BCUT2D eigenvalue weighted by Gasteiger charge is 2.06. The molecule has 5 heteroatoms. The highest BCUT2D eigenvalue weighted by Crippen LogP contribution is 2.25. The zero-order valence-corrected chi connectivity index (χ0v) is 11.2. The van der Waals surface area contributed by atoms with Gasteiger partial charge in [-0.15, -0.1) is 0 Å². The molecule has 0 radical (unpaired) electrons. The van der Waals surface area contributed by atoms with E-state index in [2.05, 4.69) is 5.10 Å². The van der Waals surface area contributed by atoms with Crippen LogP contribution in [0.1, 0.15) is 0 Å². The summed E-state index contributed by atoms with van der Waals surface area (Å²) in [6, 6.07) is 13.9. The molecule has 3 aromatic rings. The minimum atomic E-state index is 0.198. The molecular formula is C15H11ClN2O2. The van der Waals surface area contributed by atoms with Gasteiger partial charge in [0.25, 0.3) is 0 Å². The number of aromatic hydroxyl groups is 1. The van der Waals surface area contributed by atoms with Crippen molar-refractivity contribution in [3.63, 3.8) is 0 Å². The number of rotatable bonds is 3. The van der Waals surface area contributed by atoms with Crippen molar-refractivity contribution in [1.29, 1.82) is 0 Å². The predicted octanol–water partition coefficient (Wildman–Crippen LogP) is 4.02. The number of aromatic nitrogens is 2. The van der Waals surface area contributed by atoms with E-state index < -0.39 is 0 Å². The molecule has 0 saturated carbocycles. The first kappa shape index (κ1) is 12.6. The van der Waals surface area contributed by atoms with Crippen LogP contribution in [0.25, 0.3) is 5.69 Å². The van der Waals surface area contributed by atoms with E-state index in [1.54, 1.807) is 47.4 Å². The molecular weight excluding hydrogens is 276 g/mol. The van der Waals surface area contributed by atoms with Gasteiger partial charge in [0.2, 0.25) is 0 Å². The van der Waals surface area contributed by atoms with E-state index in [0.29, 0.717) is 16.5 Å². The highest BCUT2D eigenvalue weighted by molar-refractivity contribution is 6.32. The number of hydrogen-bond acceptors (Lipinski definition) is 3. The molecule has 4 nitrogen and oxygen atoms in total. The Kier molecular flexibility index (Phi) is 3.31. The molecule has 0 bridgehead atoms. The van der Waals surface area contributed by atoms with E-state index in [-0.39, 0.29) is 5.75 Å². The SMILES string of the molecule is Oc1ccc(Oc2cnn(-c3ccccc3Cl)c2)cc1. The first-order chi connectivity index (χ1) is 9.72. The van der Waals surface area contributed by atoms with Gasteiger partial charge in [0.1, 0.15) is 11.5 Å². The van der Waals surface area contributed by atoms with Gasteiger partial charge in [-0.2, -0.15) is 5.10 Å². The number of nitrogens with zero attached hydrogens (tertiary/aromatic N) is 2. The van der Waals surface area contributed by atoms with Gasteiger partial charge in [0, 0.05) is 0 Å². The maximum atomic E-state index is 9.22. The summed E-state index contributed by atoms with van der Waals surface area (Å²) < 4.78 is 7.29. The van der Waals surface area contributed by atoms with E-state index in [4.69, 9.17) is 16.3 Å². The standard InChI is InChI=1S/C15H11ClN2O2/c16-14-3-1-2-4-15(14)18-10-13(9-17-18)20-12-7-5-11(19)6-8-12/h1-10,19H. The first-order valence-corrected chi connectivity index (χ1v) is 6.36. The molecule has 0 aliphatic heterocycles. The van der Waals surface area contributed by atoms with E-state index >= 15 is 0 Å². The van der Waals surface area contributed by atoms with Crippen molar-refractivity contribution in [2.45, 2.75) is 0 Å². The van der Waals surface area contributed by atoms with Crippen molar-refractivity contribution < 1.29 is 9.84 Å². The quantitative estimate of drug-likeness (QED) is 0.791. The van der Waals surface area contributed by atoms with Crippen LogP contribution in [0.5, 0.6) is 17.2 Å². The molecule has 0 spiro atoms. The summed E-state index contributed by atoms with van der Waals surface area (Å²) in [4.78, 5) is 0. The molecule has 2 aromatic carbocycles. The van der Waals surface area contributed by atoms with E-state index in [9.17, 15) is 5.11 Å². The molecule has 0 aliphatic rings. The minimum Gasteiger partial charge on any atom is -0.508 e. The van der Waals surface area contributed by atoms with Gasteiger partial charge in [-0.05, 0) is 36.4 Å². The van der Waals surface area contributed by atoms with E-state index in [1.165, 1.54) is 0 Å². The molecule has 0 amide bonds. The molecule has 0 saturated heterocycles. The smallest absolute Gasteiger partial charge is 0.165 e. The van der Waals surface area contributed by atoms with Gasteiger partial charge >= 0.3 is 0 Å². The van der Waals surface area contributed by atoms with Crippen molar-refractivity contribution in [3.8, 4) is 22.9 Å². The largest absolute Gasteiger partial charge is 0.508 e. The molecule has 1 N–H and O–H groups in total. The van der Waals surface area contributed by atoms with Crippen molar-refractivity contribution in [1.82, 2.24) is 9.78 Å². The van der Waals surface area contributed by atoms with Crippen LogP contribution >= 0.6 is 11.6 Å². The molecule has 3 rings (SSSR count). The van der Waals surface area contributed by atoms with Crippen LogP contribution in [-0.2, 0) is 0 Å². The third-order valence-electron chi connectivity index (χ3n) is 2.73. The van der Waals surface area contributed by atoms with Crippen molar-refractivity contribution in [2.75, 3.05) is 0 Å². The zero-order valence-electron chi connectivity index (χ0n) is 10.4. The Labute approximate surface area is 120 Å². The lowest BCUT2D eigenvalue weighted by Gasteiger charge is -2.03. The second-order valence-corrected chi connectivity index (χ2v) is 4.58. The Balaban J connectivity index is 1.84. The highest BCUT2D eigenvalue weighted by atomic mass is 35.5. The summed E-state index contributed by atoms with van der Waals surface area (Å²) in [6.07, 6.45) is 3.35. The molecule has 1 aromatic heterocycles. The number of para-hydroxylation sites is 1. The number of phenols is 1. The van der Waals surface area contributed by atoms with E-state index in [0.717, 1.165) is 5.69 Å². The van der Waals surface area contributed by atoms with Gasteiger partial charge in [-0.3, -0.25) is 0 Å². The fourth-order valence-electron chi connectivity index (χ4n) is 1.78. The van der Waals surface area contributed by atoms with Crippen LogP contribution in [0, 0.1) is 0 Å². The Morgan fingerprint density at radius 3 is 2.50 bits per heavy atom. The summed E-state index contributed by atoms with van der Waals surface area (Å²) in [5.74, 6) is 1.42. The summed E-state index contributed by atoms with van der Waals surface area (Å²) in [5, 5.41) is 14.1. The van der Waals surface area contributed by atoms with Gasteiger partial charge < -0.3 is 9.84 Å². The van der Waals surface area contributed by atoms with Crippen molar-refractivity contribution in [2.24, 2.45) is 0 Å². The van der Waals surface area contributed by atoms with Gasteiger partial charge in [-0.25, -0.2) is 4.68 Å². The maximum absolute atomic E-state index is 9.22. The van der Waals surface area contributed by atoms with Crippen LogP contribution in [0.15, 0.2) is 60.9 Å². The lowest BCUT2D eigenvalue weighted by atomic mass is 10.3. The third-order valence-corrected chi connectivity index (χ3v) is 3.05. The fraction of sp³-hybridized carbons (Fsp3) is 0. The summed E-state index contributed by atoms with van der Waals surface area (Å²) in [5.41, 5.74) is 0.787. The molecule has 0 atom stereocenters. The average Bonchev–Trinajstić information content (AvgIpc) is 2.90. The predicted molar refractivity (Wildman–Crippen MR) is 76.8 cm³/mol. The number of benzene rings is 2. The van der Waals surface area contributed by atoms with Gasteiger partial charge in [0.05, 0.1) is 23.1 Å². The van der Waals surface area contributed by atoms with Crippen molar-refractivity contribution in [3.05, 3.63) is 65.9 Å². The van der Waals surface area contributed by atoms with Crippen LogP contribution in [0.2, 0.25) is 5.02 Å². The van der Waals surface area contributed by atoms with Gasteiger partial charge in [-0.1, -0.05) is 23.7 Å². The van der Waals surface area contributed by atoms with Crippen LogP contribution in [-0.4, -0.2) is 14.9 Å². The molecule has 100 valence electrons.